The summed E-state index contributed by atoms with van der Waals surface area (Å²) in [7, 11) is 2.17. The second-order valence-electron chi connectivity index (χ2n) is 7.69. The van der Waals surface area contributed by atoms with E-state index in [9.17, 15) is 0 Å². The monoisotopic (exact) mass is 293 g/mol. The van der Waals surface area contributed by atoms with Crippen LogP contribution in [-0.4, -0.2) is 61.7 Å². The highest BCUT2D eigenvalue weighted by Crippen LogP contribution is 2.33. The van der Waals surface area contributed by atoms with Gasteiger partial charge in [-0.15, -0.1) is 0 Å². The molecule has 122 valence electrons. The van der Waals surface area contributed by atoms with E-state index in [1.54, 1.807) is 0 Å². The standard InChI is InChI=1S/C18H35N3/c1-3-4-15-5-8-18(19-2)16(13-15)14-20-9-11-21(12-10-20)17-6-7-17/h15-19H,3-14H2,1-2H3. The third kappa shape index (κ3) is 4.20. The molecule has 3 atom stereocenters. The third-order valence-corrected chi connectivity index (χ3v) is 6.12. The van der Waals surface area contributed by atoms with Crippen LogP contribution in [-0.2, 0) is 0 Å². The van der Waals surface area contributed by atoms with Gasteiger partial charge in [-0.1, -0.05) is 19.8 Å². The van der Waals surface area contributed by atoms with Crippen LogP contribution in [0.2, 0.25) is 0 Å². The van der Waals surface area contributed by atoms with Crippen molar-refractivity contribution in [2.24, 2.45) is 11.8 Å². The van der Waals surface area contributed by atoms with E-state index in [4.69, 9.17) is 0 Å². The summed E-state index contributed by atoms with van der Waals surface area (Å²) in [4.78, 5) is 5.48. The number of nitrogens with one attached hydrogen (secondary N) is 1. The molecular formula is C18H35N3. The molecule has 3 heteroatoms. The van der Waals surface area contributed by atoms with Crippen molar-refractivity contribution in [2.45, 2.75) is 64.0 Å². The first-order chi connectivity index (χ1) is 10.3. The Hall–Kier alpha value is -0.120. The Bertz CT molecular complexity index is 308. The van der Waals surface area contributed by atoms with Crippen molar-refractivity contribution in [3.05, 3.63) is 0 Å². The fourth-order valence-corrected chi connectivity index (χ4v) is 4.70. The molecule has 3 rings (SSSR count). The summed E-state index contributed by atoms with van der Waals surface area (Å²) in [6.45, 7) is 8.93. The normalized spacial score (nSPS) is 36.0. The fraction of sp³-hybridized carbons (Fsp3) is 1.00. The molecule has 0 spiro atoms. The molecule has 0 aromatic carbocycles. The molecule has 1 heterocycles. The van der Waals surface area contributed by atoms with Gasteiger partial charge < -0.3 is 10.2 Å². The lowest BCUT2D eigenvalue weighted by Gasteiger charge is -2.41. The average Bonchev–Trinajstić information content (AvgIpc) is 3.33. The first-order valence-electron chi connectivity index (χ1n) is 9.43. The van der Waals surface area contributed by atoms with Gasteiger partial charge in [-0.05, 0) is 51.0 Å². The maximum absolute atomic E-state index is 3.61. The van der Waals surface area contributed by atoms with E-state index in [1.165, 1.54) is 77.7 Å². The molecule has 0 aromatic rings. The van der Waals surface area contributed by atoms with Crippen molar-refractivity contribution in [1.82, 2.24) is 15.1 Å². The fourth-order valence-electron chi connectivity index (χ4n) is 4.70. The van der Waals surface area contributed by atoms with Crippen LogP contribution in [0.4, 0.5) is 0 Å². The Balaban J connectivity index is 1.47. The molecule has 2 saturated carbocycles. The van der Waals surface area contributed by atoms with E-state index in [0.717, 1.165) is 23.9 Å². The summed E-state index contributed by atoms with van der Waals surface area (Å²) in [5.41, 5.74) is 0. The minimum atomic E-state index is 0.763. The van der Waals surface area contributed by atoms with Crippen LogP contribution in [0.25, 0.3) is 0 Å². The smallest absolute Gasteiger partial charge is 0.0113 e. The molecule has 0 radical (unpaired) electrons. The molecule has 3 fully saturated rings. The van der Waals surface area contributed by atoms with Crippen molar-refractivity contribution < 1.29 is 0 Å². The van der Waals surface area contributed by atoms with E-state index < -0.39 is 0 Å². The molecule has 3 unspecified atom stereocenters. The second-order valence-corrected chi connectivity index (χ2v) is 7.69. The van der Waals surface area contributed by atoms with Gasteiger partial charge in [0.05, 0.1) is 0 Å². The summed E-state index contributed by atoms with van der Waals surface area (Å²) in [6, 6.07) is 1.72. The van der Waals surface area contributed by atoms with Gasteiger partial charge >= 0.3 is 0 Å². The van der Waals surface area contributed by atoms with Crippen LogP contribution in [0.15, 0.2) is 0 Å². The second kappa shape index (κ2) is 7.43. The first-order valence-corrected chi connectivity index (χ1v) is 9.43. The van der Waals surface area contributed by atoms with Gasteiger partial charge in [0, 0.05) is 44.8 Å². The highest BCUT2D eigenvalue weighted by Gasteiger charge is 2.34. The zero-order valence-corrected chi connectivity index (χ0v) is 14.2. The molecule has 1 saturated heterocycles. The van der Waals surface area contributed by atoms with Crippen molar-refractivity contribution >= 4 is 0 Å². The van der Waals surface area contributed by atoms with Crippen LogP contribution < -0.4 is 5.32 Å². The zero-order chi connectivity index (χ0) is 14.7. The van der Waals surface area contributed by atoms with E-state index in [2.05, 4.69) is 29.1 Å². The Labute approximate surface area is 131 Å². The number of piperazine rings is 1. The van der Waals surface area contributed by atoms with Crippen molar-refractivity contribution in [1.29, 1.82) is 0 Å². The van der Waals surface area contributed by atoms with E-state index in [0.29, 0.717) is 0 Å². The van der Waals surface area contributed by atoms with Crippen LogP contribution in [0.5, 0.6) is 0 Å². The molecule has 0 aromatic heterocycles. The summed E-state index contributed by atoms with van der Waals surface area (Å²) in [5.74, 6) is 1.88. The summed E-state index contributed by atoms with van der Waals surface area (Å²) in [5, 5.41) is 3.61. The minimum Gasteiger partial charge on any atom is -0.317 e. The first kappa shape index (κ1) is 15.8. The van der Waals surface area contributed by atoms with Crippen LogP contribution >= 0.6 is 0 Å². The van der Waals surface area contributed by atoms with E-state index >= 15 is 0 Å². The van der Waals surface area contributed by atoms with Gasteiger partial charge in [-0.3, -0.25) is 4.90 Å². The molecule has 3 aliphatic rings. The Morgan fingerprint density at radius 3 is 2.38 bits per heavy atom. The molecule has 2 aliphatic carbocycles. The number of nitrogens with zero attached hydrogens (tertiary/aromatic N) is 2. The predicted molar refractivity (Wildman–Crippen MR) is 89.6 cm³/mol. The topological polar surface area (TPSA) is 18.5 Å². The van der Waals surface area contributed by atoms with E-state index in [-0.39, 0.29) is 0 Å². The molecular weight excluding hydrogens is 258 g/mol. The Morgan fingerprint density at radius 1 is 1.00 bits per heavy atom. The lowest BCUT2D eigenvalue weighted by Crippen LogP contribution is -2.51. The summed E-state index contributed by atoms with van der Waals surface area (Å²) in [6.07, 6.45) is 10.0. The third-order valence-electron chi connectivity index (χ3n) is 6.12. The maximum Gasteiger partial charge on any atom is 0.0113 e. The van der Waals surface area contributed by atoms with E-state index in [1.807, 2.05) is 0 Å². The van der Waals surface area contributed by atoms with Gasteiger partial charge in [0.15, 0.2) is 0 Å². The molecule has 0 bridgehead atoms. The average molecular weight is 293 g/mol. The Morgan fingerprint density at radius 2 is 1.76 bits per heavy atom. The molecule has 1 aliphatic heterocycles. The van der Waals surface area contributed by atoms with Crippen LogP contribution in [0.1, 0.15) is 51.9 Å². The molecule has 0 amide bonds. The van der Waals surface area contributed by atoms with Crippen LogP contribution in [0, 0.1) is 11.8 Å². The quantitative estimate of drug-likeness (QED) is 0.812. The molecule has 1 N–H and O–H groups in total. The van der Waals surface area contributed by atoms with Gasteiger partial charge in [-0.25, -0.2) is 0 Å². The van der Waals surface area contributed by atoms with Gasteiger partial charge in [-0.2, -0.15) is 0 Å². The maximum atomic E-state index is 3.61. The van der Waals surface area contributed by atoms with Crippen molar-refractivity contribution in [3.63, 3.8) is 0 Å². The molecule has 3 nitrogen and oxygen atoms in total. The van der Waals surface area contributed by atoms with Gasteiger partial charge in [0.25, 0.3) is 0 Å². The van der Waals surface area contributed by atoms with Crippen molar-refractivity contribution in [3.8, 4) is 0 Å². The van der Waals surface area contributed by atoms with Gasteiger partial charge in [0.1, 0.15) is 0 Å². The largest absolute Gasteiger partial charge is 0.317 e. The lowest BCUT2D eigenvalue weighted by atomic mass is 9.76. The summed E-state index contributed by atoms with van der Waals surface area (Å²) < 4.78 is 0. The van der Waals surface area contributed by atoms with Crippen LogP contribution in [0.3, 0.4) is 0 Å². The number of hydrogen-bond acceptors (Lipinski definition) is 3. The predicted octanol–water partition coefficient (Wildman–Crippen LogP) is 2.57. The lowest BCUT2D eigenvalue weighted by molar-refractivity contribution is 0.0857. The zero-order valence-electron chi connectivity index (χ0n) is 14.2. The summed E-state index contributed by atoms with van der Waals surface area (Å²) >= 11 is 0. The number of hydrogen-bond donors (Lipinski definition) is 1. The minimum absolute atomic E-state index is 0.763. The molecule has 21 heavy (non-hydrogen) atoms. The van der Waals surface area contributed by atoms with Crippen molar-refractivity contribution in [2.75, 3.05) is 39.8 Å². The Kier molecular flexibility index (Phi) is 5.58. The SMILES string of the molecule is CCCC1CCC(NC)C(CN2CCN(C3CC3)CC2)C1. The number of rotatable bonds is 6. The highest BCUT2D eigenvalue weighted by molar-refractivity contribution is 4.90. The highest BCUT2D eigenvalue weighted by atomic mass is 15.3. The van der Waals surface area contributed by atoms with Gasteiger partial charge in [0.2, 0.25) is 0 Å².